The summed E-state index contributed by atoms with van der Waals surface area (Å²) in [5.41, 5.74) is 2.35. The van der Waals surface area contributed by atoms with Crippen LogP contribution in [-0.2, 0) is 13.0 Å². The van der Waals surface area contributed by atoms with Crippen molar-refractivity contribution in [3.63, 3.8) is 0 Å². The van der Waals surface area contributed by atoms with Crippen LogP contribution in [-0.4, -0.2) is 30.0 Å². The van der Waals surface area contributed by atoms with Gasteiger partial charge in [-0.2, -0.15) is 5.10 Å². The molecule has 0 radical (unpaired) electrons. The lowest BCUT2D eigenvalue weighted by molar-refractivity contribution is 0.171. The van der Waals surface area contributed by atoms with Crippen molar-refractivity contribution in [3.8, 4) is 11.5 Å². The number of H-pyrrole nitrogens is 1. The van der Waals surface area contributed by atoms with Gasteiger partial charge >= 0.3 is 0 Å². The molecule has 19 heavy (non-hydrogen) atoms. The van der Waals surface area contributed by atoms with Gasteiger partial charge in [-0.3, -0.25) is 5.10 Å². The number of nitrogens with one attached hydrogen (secondary N) is 2. The predicted octanol–water partition coefficient (Wildman–Crippen LogP) is 1.51. The van der Waals surface area contributed by atoms with E-state index < -0.39 is 0 Å². The molecular weight excluding hydrogens is 242 g/mol. The van der Waals surface area contributed by atoms with Crippen molar-refractivity contribution in [1.82, 2.24) is 15.5 Å². The molecule has 0 fully saturated rings. The summed E-state index contributed by atoms with van der Waals surface area (Å²) in [4.78, 5) is 0. The van der Waals surface area contributed by atoms with Crippen LogP contribution in [0, 0.1) is 0 Å². The van der Waals surface area contributed by atoms with Crippen LogP contribution in [0.3, 0.4) is 0 Å². The van der Waals surface area contributed by atoms with Crippen LogP contribution in [0.5, 0.6) is 11.5 Å². The molecule has 0 unspecified atom stereocenters. The summed E-state index contributed by atoms with van der Waals surface area (Å²) in [6, 6.07) is 8.10. The van der Waals surface area contributed by atoms with Crippen LogP contribution in [0.1, 0.15) is 11.3 Å². The van der Waals surface area contributed by atoms with Crippen molar-refractivity contribution in [3.05, 3.63) is 41.7 Å². The molecule has 1 aliphatic heterocycles. The molecule has 0 spiro atoms. The number of nitrogens with zero attached hydrogens (tertiary/aromatic N) is 1. The van der Waals surface area contributed by atoms with Crippen molar-refractivity contribution in [1.29, 1.82) is 0 Å². The van der Waals surface area contributed by atoms with Gasteiger partial charge in [0, 0.05) is 18.4 Å². The lowest BCUT2D eigenvalue weighted by Gasteiger charge is -2.18. The van der Waals surface area contributed by atoms with Crippen LogP contribution in [0.25, 0.3) is 0 Å². The highest BCUT2D eigenvalue weighted by Crippen LogP contribution is 2.30. The van der Waals surface area contributed by atoms with Crippen LogP contribution < -0.4 is 14.8 Å². The highest BCUT2D eigenvalue weighted by molar-refractivity contribution is 5.43. The summed E-state index contributed by atoms with van der Waals surface area (Å²) in [6.45, 7) is 3.00. The summed E-state index contributed by atoms with van der Waals surface area (Å²) < 4.78 is 11.1. The molecule has 1 aliphatic rings. The third-order valence-corrected chi connectivity index (χ3v) is 3.07. The zero-order valence-corrected chi connectivity index (χ0v) is 10.7. The largest absolute Gasteiger partial charge is 0.486 e. The maximum atomic E-state index is 5.57. The SMILES string of the molecule is c1cc(CNCCc2ccc3c(c2)OCCO3)[nH]n1. The molecule has 2 heterocycles. The Hall–Kier alpha value is -2.01. The number of fused-ring (bicyclic) bond motifs is 1. The lowest BCUT2D eigenvalue weighted by atomic mass is 10.1. The molecule has 5 heteroatoms. The quantitative estimate of drug-likeness (QED) is 0.799. The minimum absolute atomic E-state index is 0.633. The molecule has 1 aromatic carbocycles. The van der Waals surface area contributed by atoms with Gasteiger partial charge in [0.2, 0.25) is 0 Å². The predicted molar refractivity (Wildman–Crippen MR) is 71.4 cm³/mol. The van der Waals surface area contributed by atoms with E-state index in [1.165, 1.54) is 5.56 Å². The van der Waals surface area contributed by atoms with Crippen LogP contribution in [0.4, 0.5) is 0 Å². The third-order valence-electron chi connectivity index (χ3n) is 3.07. The van der Waals surface area contributed by atoms with E-state index >= 15 is 0 Å². The van der Waals surface area contributed by atoms with Crippen LogP contribution in [0.15, 0.2) is 30.5 Å². The monoisotopic (exact) mass is 259 g/mol. The topological polar surface area (TPSA) is 59.2 Å². The fourth-order valence-electron chi connectivity index (χ4n) is 2.08. The number of aromatic nitrogens is 2. The zero-order chi connectivity index (χ0) is 12.9. The number of benzene rings is 1. The Morgan fingerprint density at radius 3 is 2.89 bits per heavy atom. The first-order valence-electron chi connectivity index (χ1n) is 6.49. The van der Waals surface area contributed by atoms with Gasteiger partial charge in [-0.1, -0.05) is 6.07 Å². The van der Waals surface area contributed by atoms with E-state index in [1.54, 1.807) is 6.20 Å². The Morgan fingerprint density at radius 2 is 2.05 bits per heavy atom. The van der Waals surface area contributed by atoms with Crippen molar-refractivity contribution < 1.29 is 9.47 Å². The number of hydrogen-bond acceptors (Lipinski definition) is 4. The molecule has 0 aliphatic carbocycles. The molecule has 0 amide bonds. The average Bonchev–Trinajstić information content (AvgIpc) is 2.97. The van der Waals surface area contributed by atoms with Gasteiger partial charge in [-0.25, -0.2) is 0 Å². The van der Waals surface area contributed by atoms with E-state index in [2.05, 4.69) is 27.6 Å². The average molecular weight is 259 g/mol. The first-order chi connectivity index (χ1) is 9.42. The maximum absolute atomic E-state index is 5.57. The summed E-state index contributed by atoms with van der Waals surface area (Å²) in [5.74, 6) is 1.71. The Balaban J connectivity index is 1.50. The highest BCUT2D eigenvalue weighted by Gasteiger charge is 2.11. The molecule has 0 saturated heterocycles. The van der Waals surface area contributed by atoms with Gasteiger partial charge in [0.15, 0.2) is 11.5 Å². The fraction of sp³-hybridized carbons (Fsp3) is 0.357. The smallest absolute Gasteiger partial charge is 0.161 e. The molecular formula is C14H17N3O2. The van der Waals surface area contributed by atoms with E-state index in [4.69, 9.17) is 9.47 Å². The standard InChI is InChI=1S/C14H17N3O2/c1-2-13-14(19-8-7-18-13)9-11(1)3-5-15-10-12-4-6-16-17-12/h1-2,4,6,9,15H,3,5,7-8,10H2,(H,16,17). The van der Waals surface area contributed by atoms with Crippen molar-refractivity contribution in [2.24, 2.45) is 0 Å². The third kappa shape index (κ3) is 3.06. The molecule has 2 aromatic rings. The van der Waals surface area contributed by atoms with Crippen LogP contribution in [0.2, 0.25) is 0 Å². The lowest BCUT2D eigenvalue weighted by Crippen LogP contribution is -2.18. The molecule has 0 atom stereocenters. The first kappa shape index (κ1) is 12.0. The first-order valence-corrected chi connectivity index (χ1v) is 6.49. The van der Waals surface area contributed by atoms with Gasteiger partial charge in [0.25, 0.3) is 0 Å². The minimum atomic E-state index is 0.633. The normalized spacial score (nSPS) is 13.5. The number of aromatic amines is 1. The van der Waals surface area contributed by atoms with Crippen LogP contribution >= 0.6 is 0 Å². The minimum Gasteiger partial charge on any atom is -0.486 e. The van der Waals surface area contributed by atoms with Crippen molar-refractivity contribution in [2.45, 2.75) is 13.0 Å². The number of ether oxygens (including phenoxy) is 2. The van der Waals surface area contributed by atoms with E-state index in [0.717, 1.165) is 36.7 Å². The molecule has 100 valence electrons. The van der Waals surface area contributed by atoms with Crippen molar-refractivity contribution >= 4 is 0 Å². The van der Waals surface area contributed by atoms with Crippen molar-refractivity contribution in [2.75, 3.05) is 19.8 Å². The van der Waals surface area contributed by atoms with Gasteiger partial charge in [-0.15, -0.1) is 0 Å². The summed E-state index contributed by atoms with van der Waals surface area (Å²) in [6.07, 6.45) is 2.72. The second kappa shape index (κ2) is 5.75. The second-order valence-electron chi connectivity index (χ2n) is 4.49. The Kier molecular flexibility index (Phi) is 3.65. The Labute approximate surface area is 111 Å². The molecule has 0 saturated carbocycles. The molecule has 2 N–H and O–H groups in total. The Bertz CT molecular complexity index is 525. The van der Waals surface area contributed by atoms with Gasteiger partial charge in [0.05, 0.1) is 0 Å². The summed E-state index contributed by atoms with van der Waals surface area (Å²) in [7, 11) is 0. The molecule has 3 rings (SSSR count). The molecule has 0 bridgehead atoms. The zero-order valence-electron chi connectivity index (χ0n) is 10.7. The Morgan fingerprint density at radius 1 is 1.16 bits per heavy atom. The highest BCUT2D eigenvalue weighted by atomic mass is 16.6. The summed E-state index contributed by atoms with van der Waals surface area (Å²) in [5, 5.41) is 10.2. The maximum Gasteiger partial charge on any atom is 0.161 e. The van der Waals surface area contributed by atoms with Gasteiger partial charge in [0.1, 0.15) is 13.2 Å². The van der Waals surface area contributed by atoms with E-state index in [1.807, 2.05) is 12.1 Å². The number of rotatable bonds is 5. The summed E-state index contributed by atoms with van der Waals surface area (Å²) >= 11 is 0. The second-order valence-corrected chi connectivity index (χ2v) is 4.49. The molecule has 1 aromatic heterocycles. The number of hydrogen-bond donors (Lipinski definition) is 2. The van der Waals surface area contributed by atoms with E-state index in [0.29, 0.717) is 13.2 Å². The molecule has 5 nitrogen and oxygen atoms in total. The van der Waals surface area contributed by atoms with Gasteiger partial charge in [-0.05, 0) is 36.7 Å². The van der Waals surface area contributed by atoms with Gasteiger partial charge < -0.3 is 14.8 Å². The van der Waals surface area contributed by atoms with E-state index in [9.17, 15) is 0 Å². The fourth-order valence-corrected chi connectivity index (χ4v) is 2.08. The van der Waals surface area contributed by atoms with E-state index in [-0.39, 0.29) is 0 Å².